The van der Waals surface area contributed by atoms with Crippen LogP contribution in [0.15, 0.2) is 0 Å². The lowest BCUT2D eigenvalue weighted by Gasteiger charge is -2.33. The minimum Gasteiger partial charge on any atom is -0.391 e. The van der Waals surface area contributed by atoms with Gasteiger partial charge < -0.3 is 20.6 Å². The van der Waals surface area contributed by atoms with Gasteiger partial charge in [0.2, 0.25) is 17.7 Å². The van der Waals surface area contributed by atoms with Gasteiger partial charge in [0.05, 0.1) is 12.1 Å². The van der Waals surface area contributed by atoms with E-state index >= 15 is 0 Å². The summed E-state index contributed by atoms with van der Waals surface area (Å²) in [4.78, 5) is 39.9. The molecule has 3 fully saturated rings. The van der Waals surface area contributed by atoms with Crippen molar-refractivity contribution in [3.63, 3.8) is 0 Å². The number of hydrogen-bond acceptors (Lipinski definition) is 7. The maximum atomic E-state index is 13.3. The molecule has 3 amide bonds. The summed E-state index contributed by atoms with van der Waals surface area (Å²) in [6.45, 7) is 0. The molecule has 0 spiro atoms. The quantitative estimate of drug-likeness (QED) is 0.162. The number of hydroxylamine groups is 1. The molecule has 0 bridgehead atoms. The fourth-order valence-corrected chi connectivity index (χ4v) is 7.12. The highest BCUT2D eigenvalue weighted by atomic mass is 32.2. The van der Waals surface area contributed by atoms with E-state index in [2.05, 4.69) is 29.6 Å². The first kappa shape index (κ1) is 28.2. The lowest BCUT2D eigenvalue weighted by atomic mass is 9.80. The Labute approximate surface area is 213 Å². The largest absolute Gasteiger partial charge is 0.391 e. The second kappa shape index (κ2) is 13.8. The molecule has 35 heavy (non-hydrogen) atoms. The van der Waals surface area contributed by atoms with Gasteiger partial charge in [-0.15, -0.1) is 0 Å². The van der Waals surface area contributed by atoms with Crippen molar-refractivity contribution in [2.45, 2.75) is 94.9 Å². The van der Waals surface area contributed by atoms with Gasteiger partial charge in [-0.1, -0.05) is 19.3 Å². The van der Waals surface area contributed by atoms with E-state index in [1.807, 2.05) is 0 Å². The normalized spacial score (nSPS) is 31.5. The molecule has 0 radical (unpaired) electrons. The molecule has 3 saturated carbocycles. The number of aliphatic hydroxyl groups is 1. The van der Waals surface area contributed by atoms with Crippen LogP contribution >= 0.6 is 11.8 Å². The maximum Gasteiger partial charge on any atom is 0.243 e. The lowest BCUT2D eigenvalue weighted by Crippen LogP contribution is -2.55. The van der Waals surface area contributed by atoms with Crippen LogP contribution in [-0.4, -0.2) is 82.8 Å². The van der Waals surface area contributed by atoms with Crippen molar-refractivity contribution in [1.29, 1.82) is 0 Å². The molecule has 0 aliphatic heterocycles. The summed E-state index contributed by atoms with van der Waals surface area (Å²) in [6.07, 6.45) is 9.02. The minimum absolute atomic E-state index is 0.0647. The van der Waals surface area contributed by atoms with Crippen molar-refractivity contribution in [1.82, 2.24) is 21.0 Å². The highest BCUT2D eigenvalue weighted by molar-refractivity contribution is 7.99. The van der Waals surface area contributed by atoms with Gasteiger partial charge in [0.1, 0.15) is 6.04 Å². The van der Waals surface area contributed by atoms with Crippen LogP contribution in [0.5, 0.6) is 0 Å². The molecule has 3 aliphatic carbocycles. The van der Waals surface area contributed by atoms with Gasteiger partial charge in [0.25, 0.3) is 0 Å². The Kier molecular flexibility index (Phi) is 11.1. The van der Waals surface area contributed by atoms with Crippen LogP contribution < -0.4 is 16.1 Å². The van der Waals surface area contributed by atoms with Crippen LogP contribution in [0.2, 0.25) is 0 Å². The third kappa shape index (κ3) is 8.06. The van der Waals surface area contributed by atoms with E-state index in [0.29, 0.717) is 35.8 Å². The number of nitrogens with zero attached hydrogens (tertiary/aromatic N) is 1. The monoisotopic (exact) mass is 512 g/mol. The first-order chi connectivity index (χ1) is 16.8. The molecule has 0 saturated heterocycles. The second-order valence-electron chi connectivity index (χ2n) is 10.8. The summed E-state index contributed by atoms with van der Waals surface area (Å²) in [5.74, 6) is 1.01. The standard InChI is InChI=1S/C25H44N4O5S/c1-29(2)18-11-9-16(10-12-18)24(32)26-20(15-35-13-5-8-22(31)28-34)25(33)27-23-19-7-4-3-6-17(19)14-21(23)30/h16-21,23,30,34H,3-15H2,1-2H3,(H,26,32)(H,27,33)(H,28,31)/t16?,17?,18?,19?,20-,21+,23?/m0/s1. The average molecular weight is 513 g/mol. The van der Waals surface area contributed by atoms with Crippen LogP contribution in [0.4, 0.5) is 0 Å². The van der Waals surface area contributed by atoms with Crippen LogP contribution in [-0.2, 0) is 14.4 Å². The van der Waals surface area contributed by atoms with Crippen LogP contribution in [0.3, 0.4) is 0 Å². The van der Waals surface area contributed by atoms with Gasteiger partial charge in [-0.25, -0.2) is 5.48 Å². The first-order valence-electron chi connectivity index (χ1n) is 13.3. The number of amides is 3. The smallest absolute Gasteiger partial charge is 0.243 e. The number of fused-ring (bicyclic) bond motifs is 1. The molecule has 5 N–H and O–H groups in total. The Morgan fingerprint density at radius 3 is 2.46 bits per heavy atom. The second-order valence-corrected chi connectivity index (χ2v) is 11.9. The Hall–Kier alpha value is -1.36. The molecule has 3 rings (SSSR count). The number of aliphatic hydroxyl groups excluding tert-OH is 1. The van der Waals surface area contributed by atoms with E-state index in [9.17, 15) is 19.5 Å². The van der Waals surface area contributed by atoms with Crippen molar-refractivity contribution in [2.75, 3.05) is 25.6 Å². The molecular weight excluding hydrogens is 468 g/mol. The summed E-state index contributed by atoms with van der Waals surface area (Å²) >= 11 is 1.51. The van der Waals surface area contributed by atoms with Crippen LogP contribution in [0.25, 0.3) is 0 Å². The summed E-state index contributed by atoms with van der Waals surface area (Å²) in [6, 6.07) is -0.432. The zero-order valence-electron chi connectivity index (χ0n) is 21.2. The van der Waals surface area contributed by atoms with Crippen LogP contribution in [0.1, 0.15) is 70.6 Å². The van der Waals surface area contributed by atoms with Gasteiger partial charge in [-0.2, -0.15) is 11.8 Å². The molecule has 3 unspecified atom stereocenters. The molecule has 9 nitrogen and oxygen atoms in total. The number of hydrogen-bond donors (Lipinski definition) is 5. The van der Waals surface area contributed by atoms with E-state index in [0.717, 1.165) is 51.4 Å². The van der Waals surface area contributed by atoms with E-state index in [4.69, 9.17) is 5.21 Å². The fraction of sp³-hybridized carbons (Fsp3) is 0.880. The summed E-state index contributed by atoms with van der Waals surface area (Å²) in [5.41, 5.74) is 1.63. The van der Waals surface area contributed by atoms with E-state index in [1.165, 1.54) is 18.2 Å². The number of thioether (sulfide) groups is 1. The summed E-state index contributed by atoms with van der Waals surface area (Å²) in [5, 5.41) is 25.4. The van der Waals surface area contributed by atoms with Gasteiger partial charge in [0, 0.05) is 24.1 Å². The number of carbonyl (C=O) groups is 3. The lowest BCUT2D eigenvalue weighted by molar-refractivity contribution is -0.132. The number of nitrogens with one attached hydrogen (secondary N) is 3. The third-order valence-corrected chi connectivity index (χ3v) is 9.38. The summed E-state index contributed by atoms with van der Waals surface area (Å²) in [7, 11) is 4.14. The van der Waals surface area contributed by atoms with Crippen molar-refractivity contribution in [3.05, 3.63) is 0 Å². The molecule has 5 atom stereocenters. The molecule has 3 aliphatic rings. The predicted molar refractivity (Wildman–Crippen MR) is 136 cm³/mol. The van der Waals surface area contributed by atoms with Gasteiger partial charge >= 0.3 is 0 Å². The Bertz CT molecular complexity index is 716. The van der Waals surface area contributed by atoms with Gasteiger partial charge in [-0.05, 0) is 76.6 Å². The molecular formula is C25H44N4O5S. The highest BCUT2D eigenvalue weighted by Gasteiger charge is 2.44. The SMILES string of the molecule is CN(C)C1CCC(C(=O)N[C@@H](CSCCCC(=O)NO)C(=O)NC2C3CCCCC3C[C@H]2O)CC1. The molecule has 0 heterocycles. The Morgan fingerprint density at radius 2 is 1.77 bits per heavy atom. The van der Waals surface area contributed by atoms with E-state index in [-0.39, 0.29) is 30.2 Å². The third-order valence-electron chi connectivity index (χ3n) is 8.23. The van der Waals surface area contributed by atoms with Gasteiger partial charge in [0.15, 0.2) is 0 Å². The molecule has 0 aromatic carbocycles. The zero-order valence-corrected chi connectivity index (χ0v) is 22.0. The average Bonchev–Trinajstić information content (AvgIpc) is 3.17. The molecule has 200 valence electrons. The maximum absolute atomic E-state index is 13.3. The fourth-order valence-electron chi connectivity index (χ4n) is 6.13. The van der Waals surface area contributed by atoms with Crippen molar-refractivity contribution in [2.24, 2.45) is 17.8 Å². The molecule has 0 aromatic heterocycles. The Morgan fingerprint density at radius 1 is 1.06 bits per heavy atom. The minimum atomic E-state index is -0.680. The van der Waals surface area contributed by atoms with Crippen molar-refractivity contribution in [3.8, 4) is 0 Å². The topological polar surface area (TPSA) is 131 Å². The van der Waals surface area contributed by atoms with E-state index < -0.39 is 18.1 Å². The Balaban J connectivity index is 1.56. The number of rotatable bonds is 11. The zero-order chi connectivity index (χ0) is 25.4. The first-order valence-corrected chi connectivity index (χ1v) is 14.4. The van der Waals surface area contributed by atoms with Crippen LogP contribution in [0, 0.1) is 17.8 Å². The van der Waals surface area contributed by atoms with Gasteiger partial charge in [-0.3, -0.25) is 19.6 Å². The highest BCUT2D eigenvalue weighted by Crippen LogP contribution is 2.42. The summed E-state index contributed by atoms with van der Waals surface area (Å²) < 4.78 is 0. The van der Waals surface area contributed by atoms with E-state index in [1.54, 1.807) is 5.48 Å². The number of carbonyl (C=O) groups excluding carboxylic acids is 3. The molecule has 0 aromatic rings. The van der Waals surface area contributed by atoms with Crippen molar-refractivity contribution >= 4 is 29.5 Å². The van der Waals surface area contributed by atoms with Crippen molar-refractivity contribution < 1.29 is 24.7 Å². The molecule has 10 heteroatoms. The predicted octanol–water partition coefficient (Wildman–Crippen LogP) is 1.67.